The molecule has 2 aliphatic heterocycles. The second kappa shape index (κ2) is 9.97. The first-order chi connectivity index (χ1) is 18.6. The number of aryl methyl sites for hydroxylation is 1. The van der Waals surface area contributed by atoms with E-state index in [9.17, 15) is 4.39 Å². The number of allylic oxidation sites excluding steroid dienone is 6. The molecule has 38 heavy (non-hydrogen) atoms. The fraction of sp³-hybridized carbons (Fsp3) is 0.167. The molecule has 2 N–H and O–H groups in total. The molecule has 1 aliphatic carbocycles. The molecule has 3 aromatic rings. The molecular weight excluding hydrogens is 477 g/mol. The van der Waals surface area contributed by atoms with Crippen LogP contribution in [0, 0.1) is 18.2 Å². The third-order valence-electron chi connectivity index (χ3n) is 6.90. The molecule has 3 aromatic heterocycles. The van der Waals surface area contributed by atoms with Gasteiger partial charge in [0.2, 0.25) is 0 Å². The molecule has 0 aromatic carbocycles. The maximum absolute atomic E-state index is 13.8. The molecule has 5 heterocycles. The monoisotopic (exact) mass is 503 g/mol. The molecule has 3 aliphatic rings. The molecular formula is C30H26FN7. The van der Waals surface area contributed by atoms with E-state index in [1.54, 1.807) is 13.0 Å². The van der Waals surface area contributed by atoms with Crippen molar-refractivity contribution in [2.75, 3.05) is 6.54 Å². The summed E-state index contributed by atoms with van der Waals surface area (Å²) >= 11 is 0. The van der Waals surface area contributed by atoms with Gasteiger partial charge in [-0.05, 0) is 55.7 Å². The van der Waals surface area contributed by atoms with Crippen molar-refractivity contribution >= 4 is 35.3 Å². The number of aromatic amines is 1. The summed E-state index contributed by atoms with van der Waals surface area (Å²) in [6, 6.07) is 5.18. The van der Waals surface area contributed by atoms with E-state index < -0.39 is 0 Å². The fourth-order valence-corrected chi connectivity index (χ4v) is 4.86. The normalized spacial score (nSPS) is 20.0. The molecule has 0 bridgehead atoms. The van der Waals surface area contributed by atoms with E-state index in [4.69, 9.17) is 15.4 Å². The summed E-state index contributed by atoms with van der Waals surface area (Å²) < 4.78 is 13.8. The van der Waals surface area contributed by atoms with Gasteiger partial charge in [-0.1, -0.05) is 24.3 Å². The Bertz CT molecular complexity index is 1620. The van der Waals surface area contributed by atoms with E-state index in [-0.39, 0.29) is 5.82 Å². The van der Waals surface area contributed by atoms with E-state index in [0.717, 1.165) is 70.9 Å². The van der Waals surface area contributed by atoms with Crippen LogP contribution in [-0.4, -0.2) is 43.5 Å². The van der Waals surface area contributed by atoms with Crippen LogP contribution in [-0.2, 0) is 0 Å². The fourth-order valence-electron chi connectivity index (χ4n) is 4.86. The van der Waals surface area contributed by atoms with Crippen molar-refractivity contribution in [2.24, 2.45) is 4.99 Å². The Hall–Kier alpha value is -4.72. The Morgan fingerprint density at radius 3 is 2.89 bits per heavy atom. The largest absolute Gasteiger partial charge is 0.349 e. The van der Waals surface area contributed by atoms with Crippen LogP contribution >= 0.6 is 0 Å². The number of nitrogens with one attached hydrogen (secondary N) is 2. The zero-order valence-corrected chi connectivity index (χ0v) is 20.9. The molecule has 0 unspecified atom stereocenters. The molecule has 0 saturated carbocycles. The van der Waals surface area contributed by atoms with Crippen LogP contribution in [0.15, 0.2) is 71.8 Å². The lowest BCUT2D eigenvalue weighted by atomic mass is 9.99. The number of aliphatic imine (C=N–C) groups is 1. The first kappa shape index (κ1) is 23.7. The Morgan fingerprint density at radius 2 is 2.00 bits per heavy atom. The number of hydrogen-bond donors (Lipinski definition) is 2. The second-order valence-corrected chi connectivity index (χ2v) is 9.39. The molecule has 1 saturated heterocycles. The summed E-state index contributed by atoms with van der Waals surface area (Å²) in [7, 11) is 0. The van der Waals surface area contributed by atoms with Crippen molar-refractivity contribution in [1.29, 1.82) is 5.41 Å². The van der Waals surface area contributed by atoms with E-state index >= 15 is 0 Å². The number of fused-ring (bicyclic) bond motifs is 2. The quantitative estimate of drug-likeness (QED) is 0.444. The molecule has 0 amide bonds. The summed E-state index contributed by atoms with van der Waals surface area (Å²) in [5, 5.41) is 15.5. The van der Waals surface area contributed by atoms with E-state index in [1.165, 1.54) is 6.07 Å². The number of hydrogen-bond acceptors (Lipinski definition) is 6. The summed E-state index contributed by atoms with van der Waals surface area (Å²) in [4.78, 5) is 16.1. The lowest BCUT2D eigenvalue weighted by molar-refractivity contribution is 0.475. The Labute approximate surface area is 220 Å². The number of aromatic nitrogens is 4. The van der Waals surface area contributed by atoms with Gasteiger partial charge in [-0.15, -0.1) is 0 Å². The van der Waals surface area contributed by atoms with Crippen LogP contribution in [0.4, 0.5) is 4.39 Å². The van der Waals surface area contributed by atoms with Gasteiger partial charge in [0.05, 0.1) is 22.8 Å². The highest BCUT2D eigenvalue weighted by Gasteiger charge is 2.21. The minimum Gasteiger partial charge on any atom is -0.349 e. The zero-order valence-electron chi connectivity index (χ0n) is 20.9. The SMILES string of the molecule is Cc1nc(-c2n[nH]cc2C2=C\C=C\c3cc(C4=C5CCC(=N)CCN5C=CC=N4)cnc3/C=C\2)ccc1F. The predicted octanol–water partition coefficient (Wildman–Crippen LogP) is 6.21. The third kappa shape index (κ3) is 4.56. The van der Waals surface area contributed by atoms with Crippen molar-refractivity contribution in [1.82, 2.24) is 25.1 Å². The Balaban J connectivity index is 1.34. The van der Waals surface area contributed by atoms with Gasteiger partial charge >= 0.3 is 0 Å². The van der Waals surface area contributed by atoms with Crippen LogP contribution in [0.1, 0.15) is 47.3 Å². The van der Waals surface area contributed by atoms with E-state index in [1.807, 2.05) is 61.3 Å². The average Bonchev–Trinajstić information content (AvgIpc) is 3.20. The first-order valence-electron chi connectivity index (χ1n) is 12.6. The smallest absolute Gasteiger partial charge is 0.144 e. The standard InChI is InChI=1S/C30H26FN7/c1-19-25(31)8-10-27(36-19)30-24(18-35-37-30)20-4-2-5-21-16-22(17-34-26(21)9-6-20)29-28-11-7-23(32)12-15-38(28)14-3-13-33-29/h2-6,8-10,13-14,16-18,32H,7,11-12,15H2,1H3,(H,35,37)/b4-2?,5-2+,9-6-,20-4-,20-6?,21-5?,26-9?,32-23?. The van der Waals surface area contributed by atoms with Gasteiger partial charge in [-0.25, -0.2) is 9.37 Å². The van der Waals surface area contributed by atoms with E-state index in [0.29, 0.717) is 17.1 Å². The first-order valence-corrected chi connectivity index (χ1v) is 12.6. The molecule has 8 heteroatoms. The lowest BCUT2D eigenvalue weighted by Gasteiger charge is -2.22. The van der Waals surface area contributed by atoms with Gasteiger partial charge in [0.25, 0.3) is 0 Å². The topological polar surface area (TPSA) is 93.9 Å². The second-order valence-electron chi connectivity index (χ2n) is 9.39. The zero-order chi connectivity index (χ0) is 26.1. The van der Waals surface area contributed by atoms with Crippen molar-refractivity contribution in [3.8, 4) is 11.4 Å². The number of nitrogens with zero attached hydrogens (tertiary/aromatic N) is 5. The molecule has 6 rings (SSSR count). The number of halogens is 1. The highest BCUT2D eigenvalue weighted by molar-refractivity contribution is 5.89. The highest BCUT2D eigenvalue weighted by atomic mass is 19.1. The number of rotatable bonds is 3. The maximum atomic E-state index is 13.8. The Kier molecular flexibility index (Phi) is 6.21. The molecule has 1 fully saturated rings. The van der Waals surface area contributed by atoms with Gasteiger partial charge < -0.3 is 10.3 Å². The summed E-state index contributed by atoms with van der Waals surface area (Å²) in [6.07, 6.45) is 21.9. The summed E-state index contributed by atoms with van der Waals surface area (Å²) in [6.45, 7) is 2.43. The van der Waals surface area contributed by atoms with Gasteiger partial charge in [-0.3, -0.25) is 15.1 Å². The van der Waals surface area contributed by atoms with Crippen LogP contribution in [0.5, 0.6) is 0 Å². The van der Waals surface area contributed by atoms with Gasteiger partial charge in [0.15, 0.2) is 0 Å². The van der Waals surface area contributed by atoms with Crippen molar-refractivity contribution in [3.05, 3.63) is 101 Å². The number of pyridine rings is 2. The molecule has 0 atom stereocenters. The molecule has 188 valence electrons. The van der Waals surface area contributed by atoms with Crippen molar-refractivity contribution in [2.45, 2.75) is 26.2 Å². The number of H-pyrrole nitrogens is 1. The van der Waals surface area contributed by atoms with Gasteiger partial charge in [-0.2, -0.15) is 5.10 Å². The van der Waals surface area contributed by atoms with Gasteiger partial charge in [0.1, 0.15) is 11.5 Å². The highest BCUT2D eigenvalue weighted by Crippen LogP contribution is 2.32. The lowest BCUT2D eigenvalue weighted by Crippen LogP contribution is -2.17. The van der Waals surface area contributed by atoms with Crippen molar-refractivity contribution < 1.29 is 4.39 Å². The maximum Gasteiger partial charge on any atom is 0.144 e. The molecule has 0 radical (unpaired) electrons. The summed E-state index contributed by atoms with van der Waals surface area (Å²) in [5.41, 5.74) is 9.02. The average molecular weight is 504 g/mol. The van der Waals surface area contributed by atoms with Crippen LogP contribution in [0.3, 0.4) is 0 Å². The van der Waals surface area contributed by atoms with Crippen molar-refractivity contribution in [3.63, 3.8) is 0 Å². The van der Waals surface area contributed by atoms with Crippen LogP contribution in [0.25, 0.3) is 34.8 Å². The Morgan fingerprint density at radius 1 is 1.08 bits per heavy atom. The van der Waals surface area contributed by atoms with Gasteiger partial charge in [0, 0.05) is 65.9 Å². The third-order valence-corrected chi connectivity index (χ3v) is 6.90. The summed E-state index contributed by atoms with van der Waals surface area (Å²) in [5.74, 6) is -0.338. The minimum absolute atomic E-state index is 0.336. The molecule has 0 spiro atoms. The minimum atomic E-state index is -0.338. The van der Waals surface area contributed by atoms with E-state index in [2.05, 4.69) is 26.1 Å². The predicted molar refractivity (Wildman–Crippen MR) is 150 cm³/mol. The van der Waals surface area contributed by atoms with Crippen LogP contribution in [0.2, 0.25) is 0 Å². The molecule has 7 nitrogen and oxygen atoms in total. The van der Waals surface area contributed by atoms with Crippen LogP contribution < -0.4 is 0 Å².